The molecule has 0 fully saturated rings. The number of nitrogens with zero attached hydrogens (tertiary/aromatic N) is 2. The third kappa shape index (κ3) is 1.85. The van der Waals surface area contributed by atoms with Crippen LogP contribution in [0, 0.1) is 0 Å². The Morgan fingerprint density at radius 1 is 1.50 bits per heavy atom. The van der Waals surface area contributed by atoms with E-state index in [0.717, 1.165) is 5.82 Å². The summed E-state index contributed by atoms with van der Waals surface area (Å²) in [6.07, 6.45) is 3.67. The number of aliphatic hydroxyl groups is 1. The van der Waals surface area contributed by atoms with Crippen LogP contribution in [0.15, 0.2) is 12.4 Å². The molecule has 0 aromatic carbocycles. The van der Waals surface area contributed by atoms with Crippen LogP contribution in [0.25, 0.3) is 0 Å². The smallest absolute Gasteiger partial charge is 0.114 e. The van der Waals surface area contributed by atoms with Crippen LogP contribution >= 0.6 is 0 Å². The lowest BCUT2D eigenvalue weighted by Crippen LogP contribution is -2.19. The van der Waals surface area contributed by atoms with Gasteiger partial charge in [-0.2, -0.15) is 0 Å². The lowest BCUT2D eigenvalue weighted by Gasteiger charge is -2.19. The third-order valence-electron chi connectivity index (χ3n) is 1.73. The predicted octanol–water partition coefficient (Wildman–Crippen LogP) is 1.17. The van der Waals surface area contributed by atoms with Crippen LogP contribution in [0.5, 0.6) is 0 Å². The molecule has 0 radical (unpaired) electrons. The van der Waals surface area contributed by atoms with E-state index in [4.69, 9.17) is 5.11 Å². The van der Waals surface area contributed by atoms with Crippen LogP contribution in [0.1, 0.15) is 26.6 Å². The summed E-state index contributed by atoms with van der Waals surface area (Å²) in [5.41, 5.74) is 0.0542. The Labute approximate surface area is 73.1 Å². The molecule has 0 aliphatic rings. The summed E-state index contributed by atoms with van der Waals surface area (Å²) in [6.45, 7) is 7.14. The zero-order valence-electron chi connectivity index (χ0n) is 7.91. The van der Waals surface area contributed by atoms with Crippen LogP contribution in [0.3, 0.4) is 0 Å². The lowest BCUT2D eigenvalue weighted by molar-refractivity contribution is 0.271. The van der Waals surface area contributed by atoms with Crippen molar-refractivity contribution in [2.24, 2.45) is 0 Å². The summed E-state index contributed by atoms with van der Waals surface area (Å²) in [4.78, 5) is 4.26. The van der Waals surface area contributed by atoms with Crippen molar-refractivity contribution in [2.45, 2.75) is 32.7 Å². The molecule has 1 aromatic rings. The summed E-state index contributed by atoms with van der Waals surface area (Å²) in [5.74, 6) is 1.02. The summed E-state index contributed by atoms with van der Waals surface area (Å²) in [6, 6.07) is 0. The molecule has 1 rings (SSSR count). The zero-order valence-corrected chi connectivity index (χ0v) is 7.91. The average molecular weight is 168 g/mol. The van der Waals surface area contributed by atoms with Gasteiger partial charge in [0.1, 0.15) is 5.82 Å². The van der Waals surface area contributed by atoms with Gasteiger partial charge in [0.2, 0.25) is 0 Å². The molecule has 68 valence electrons. The molecule has 0 aliphatic carbocycles. The first-order valence-corrected chi connectivity index (χ1v) is 4.18. The first-order valence-electron chi connectivity index (χ1n) is 4.18. The molecule has 0 spiro atoms. The predicted molar refractivity (Wildman–Crippen MR) is 48.0 cm³/mol. The number of aliphatic hydroxyl groups excluding tert-OH is 1. The van der Waals surface area contributed by atoms with Crippen LogP contribution in [-0.4, -0.2) is 21.3 Å². The van der Waals surface area contributed by atoms with Crippen molar-refractivity contribution in [3.63, 3.8) is 0 Å². The van der Waals surface area contributed by atoms with E-state index < -0.39 is 0 Å². The van der Waals surface area contributed by atoms with Gasteiger partial charge in [-0.05, 0) is 0 Å². The molecule has 0 saturated carbocycles. The van der Waals surface area contributed by atoms with Crippen molar-refractivity contribution in [3.8, 4) is 0 Å². The van der Waals surface area contributed by atoms with Gasteiger partial charge >= 0.3 is 0 Å². The largest absolute Gasteiger partial charge is 0.395 e. The van der Waals surface area contributed by atoms with Crippen LogP contribution in [0.4, 0.5) is 0 Å². The van der Waals surface area contributed by atoms with Crippen molar-refractivity contribution >= 4 is 0 Å². The van der Waals surface area contributed by atoms with Crippen molar-refractivity contribution in [1.29, 1.82) is 0 Å². The molecule has 0 amide bonds. The molecular weight excluding hydrogens is 152 g/mol. The fourth-order valence-corrected chi connectivity index (χ4v) is 1.24. The van der Waals surface area contributed by atoms with Gasteiger partial charge in [-0.25, -0.2) is 4.98 Å². The Morgan fingerprint density at radius 3 is 2.67 bits per heavy atom. The number of imidazole rings is 1. The maximum absolute atomic E-state index is 8.78. The second-order valence-electron chi connectivity index (χ2n) is 3.92. The van der Waals surface area contributed by atoms with Gasteiger partial charge in [0.25, 0.3) is 0 Å². The van der Waals surface area contributed by atoms with E-state index in [1.54, 1.807) is 6.20 Å². The second-order valence-corrected chi connectivity index (χ2v) is 3.92. The molecule has 3 heteroatoms. The minimum absolute atomic E-state index is 0.0542. The van der Waals surface area contributed by atoms with Gasteiger partial charge in [0.05, 0.1) is 6.61 Å². The Hall–Kier alpha value is -0.830. The summed E-state index contributed by atoms with van der Waals surface area (Å²) in [5, 5.41) is 8.78. The molecule has 1 heterocycles. The Bertz CT molecular complexity index is 247. The SMILES string of the molecule is CC(C)(C)c1nccn1CCO. The van der Waals surface area contributed by atoms with Crippen LogP contribution in [0.2, 0.25) is 0 Å². The van der Waals surface area contributed by atoms with E-state index in [2.05, 4.69) is 25.8 Å². The lowest BCUT2D eigenvalue weighted by atomic mass is 9.96. The van der Waals surface area contributed by atoms with Crippen LogP contribution in [-0.2, 0) is 12.0 Å². The highest BCUT2D eigenvalue weighted by molar-refractivity contribution is 5.04. The fourth-order valence-electron chi connectivity index (χ4n) is 1.24. The van der Waals surface area contributed by atoms with E-state index in [0.29, 0.717) is 6.54 Å². The molecule has 0 bridgehead atoms. The van der Waals surface area contributed by atoms with E-state index >= 15 is 0 Å². The van der Waals surface area contributed by atoms with E-state index in [9.17, 15) is 0 Å². The van der Waals surface area contributed by atoms with Crippen molar-refractivity contribution < 1.29 is 5.11 Å². The van der Waals surface area contributed by atoms with E-state index in [1.165, 1.54) is 0 Å². The Balaban J connectivity index is 2.91. The molecule has 1 aromatic heterocycles. The minimum atomic E-state index is 0.0542. The highest BCUT2D eigenvalue weighted by atomic mass is 16.3. The third-order valence-corrected chi connectivity index (χ3v) is 1.73. The summed E-state index contributed by atoms with van der Waals surface area (Å²) >= 11 is 0. The first kappa shape index (κ1) is 9.26. The molecule has 12 heavy (non-hydrogen) atoms. The highest BCUT2D eigenvalue weighted by Gasteiger charge is 2.18. The van der Waals surface area contributed by atoms with Crippen molar-refractivity contribution in [1.82, 2.24) is 9.55 Å². The molecule has 0 unspecified atom stereocenters. The standard InChI is InChI=1S/C9H16N2O/c1-9(2,3)8-10-4-5-11(8)6-7-12/h4-5,12H,6-7H2,1-3H3. The van der Waals surface area contributed by atoms with Gasteiger partial charge in [0, 0.05) is 24.4 Å². The van der Waals surface area contributed by atoms with Gasteiger partial charge in [-0.3, -0.25) is 0 Å². The molecular formula is C9H16N2O. The zero-order chi connectivity index (χ0) is 9.19. The number of rotatable bonds is 2. The molecule has 0 aliphatic heterocycles. The topological polar surface area (TPSA) is 38.0 Å². The number of hydrogen-bond acceptors (Lipinski definition) is 2. The van der Waals surface area contributed by atoms with E-state index in [-0.39, 0.29) is 12.0 Å². The highest BCUT2D eigenvalue weighted by Crippen LogP contribution is 2.19. The average Bonchev–Trinajstić information content (AvgIpc) is 2.34. The van der Waals surface area contributed by atoms with Crippen molar-refractivity contribution in [3.05, 3.63) is 18.2 Å². The summed E-state index contributed by atoms with van der Waals surface area (Å²) in [7, 11) is 0. The van der Waals surface area contributed by atoms with Gasteiger partial charge in [0.15, 0.2) is 0 Å². The maximum atomic E-state index is 8.78. The van der Waals surface area contributed by atoms with Gasteiger partial charge in [-0.15, -0.1) is 0 Å². The minimum Gasteiger partial charge on any atom is -0.395 e. The van der Waals surface area contributed by atoms with Crippen molar-refractivity contribution in [2.75, 3.05) is 6.61 Å². The Kier molecular flexibility index (Phi) is 2.52. The number of aromatic nitrogens is 2. The summed E-state index contributed by atoms with van der Waals surface area (Å²) < 4.78 is 1.99. The fraction of sp³-hybridized carbons (Fsp3) is 0.667. The van der Waals surface area contributed by atoms with E-state index in [1.807, 2.05) is 10.8 Å². The monoisotopic (exact) mass is 168 g/mol. The van der Waals surface area contributed by atoms with Gasteiger partial charge < -0.3 is 9.67 Å². The first-order chi connectivity index (χ1) is 5.55. The van der Waals surface area contributed by atoms with Crippen LogP contribution < -0.4 is 0 Å². The molecule has 0 saturated heterocycles. The maximum Gasteiger partial charge on any atom is 0.114 e. The molecule has 1 N–H and O–H groups in total. The molecule has 0 atom stereocenters. The normalized spacial score (nSPS) is 12.0. The number of hydrogen-bond donors (Lipinski definition) is 1. The Morgan fingerprint density at radius 2 is 2.17 bits per heavy atom. The molecule has 3 nitrogen and oxygen atoms in total. The second kappa shape index (κ2) is 3.27. The quantitative estimate of drug-likeness (QED) is 0.720. The van der Waals surface area contributed by atoms with Gasteiger partial charge in [-0.1, -0.05) is 20.8 Å².